The van der Waals surface area contributed by atoms with Crippen molar-refractivity contribution in [2.45, 2.75) is 68.7 Å². The lowest BCUT2D eigenvalue weighted by atomic mass is 9.94. The summed E-state index contributed by atoms with van der Waals surface area (Å²) in [5, 5.41) is 13.8. The molecule has 0 amide bonds. The van der Waals surface area contributed by atoms with Crippen molar-refractivity contribution in [1.29, 1.82) is 0 Å². The Labute approximate surface area is 115 Å². The average Bonchev–Trinajstić information content (AvgIpc) is 3.01. The first-order chi connectivity index (χ1) is 9.20. The number of hydrogen-bond donors (Lipinski definition) is 2. The highest BCUT2D eigenvalue weighted by molar-refractivity contribution is 4.93. The number of hydrogen-bond acceptors (Lipinski definition) is 4. The van der Waals surface area contributed by atoms with Crippen molar-refractivity contribution in [3.05, 3.63) is 0 Å². The second-order valence-electron chi connectivity index (χ2n) is 6.64. The van der Waals surface area contributed by atoms with Gasteiger partial charge < -0.3 is 19.9 Å². The van der Waals surface area contributed by atoms with Crippen LogP contribution in [0.4, 0.5) is 0 Å². The third-order valence-electron chi connectivity index (χ3n) is 5.10. The Morgan fingerprint density at radius 1 is 1.05 bits per heavy atom. The van der Waals surface area contributed by atoms with Gasteiger partial charge in [0.05, 0.1) is 17.3 Å². The lowest BCUT2D eigenvalue weighted by Gasteiger charge is -2.32. The van der Waals surface area contributed by atoms with Gasteiger partial charge in [0.25, 0.3) is 0 Å². The van der Waals surface area contributed by atoms with Crippen molar-refractivity contribution >= 4 is 0 Å². The summed E-state index contributed by atoms with van der Waals surface area (Å²) in [6.07, 6.45) is 9.42. The minimum absolute atomic E-state index is 0.224. The Balaban J connectivity index is 1.38. The quantitative estimate of drug-likeness (QED) is 0.814. The molecule has 4 nitrogen and oxygen atoms in total. The molecule has 2 aliphatic heterocycles. The molecular formula is C15H27NO3. The summed E-state index contributed by atoms with van der Waals surface area (Å²) < 4.78 is 11.6. The molecule has 0 aromatic rings. The van der Waals surface area contributed by atoms with Gasteiger partial charge in [-0.3, -0.25) is 0 Å². The van der Waals surface area contributed by atoms with E-state index in [1.165, 1.54) is 38.5 Å². The molecule has 2 N–H and O–H groups in total. The Morgan fingerprint density at radius 2 is 1.79 bits per heavy atom. The van der Waals surface area contributed by atoms with E-state index in [-0.39, 0.29) is 5.60 Å². The van der Waals surface area contributed by atoms with Gasteiger partial charge in [0.15, 0.2) is 0 Å². The molecule has 1 aliphatic carbocycles. The van der Waals surface area contributed by atoms with Crippen LogP contribution in [0, 0.1) is 0 Å². The predicted molar refractivity (Wildman–Crippen MR) is 73.2 cm³/mol. The van der Waals surface area contributed by atoms with E-state index in [0.717, 1.165) is 19.4 Å². The number of aliphatic hydroxyl groups is 1. The van der Waals surface area contributed by atoms with Crippen LogP contribution in [0.1, 0.15) is 51.4 Å². The van der Waals surface area contributed by atoms with Gasteiger partial charge in [-0.15, -0.1) is 0 Å². The van der Waals surface area contributed by atoms with Crippen LogP contribution in [0.25, 0.3) is 0 Å². The molecule has 19 heavy (non-hydrogen) atoms. The lowest BCUT2D eigenvalue weighted by molar-refractivity contribution is -0.0660. The number of nitrogens with one attached hydrogen (secondary N) is 1. The molecule has 1 atom stereocenters. The summed E-state index contributed by atoms with van der Waals surface area (Å²) in [4.78, 5) is 0. The lowest BCUT2D eigenvalue weighted by Crippen LogP contribution is -2.46. The molecule has 2 heterocycles. The molecule has 3 rings (SSSR count). The molecule has 0 aromatic heterocycles. The van der Waals surface area contributed by atoms with Crippen molar-refractivity contribution in [1.82, 2.24) is 5.32 Å². The van der Waals surface area contributed by atoms with Crippen molar-refractivity contribution in [3.8, 4) is 0 Å². The Kier molecular flexibility index (Phi) is 4.13. The normalized spacial score (nSPS) is 33.0. The maximum Gasteiger partial charge on any atom is 0.0815 e. The van der Waals surface area contributed by atoms with Gasteiger partial charge in [0, 0.05) is 39.1 Å². The van der Waals surface area contributed by atoms with Crippen LogP contribution in [-0.4, -0.2) is 48.7 Å². The van der Waals surface area contributed by atoms with E-state index in [0.29, 0.717) is 25.9 Å². The molecule has 1 unspecified atom stereocenters. The fraction of sp³-hybridized carbons (Fsp3) is 1.00. The summed E-state index contributed by atoms with van der Waals surface area (Å²) in [5.74, 6) is 0. The smallest absolute Gasteiger partial charge is 0.0815 e. The predicted octanol–water partition coefficient (Wildman–Crippen LogP) is 1.61. The van der Waals surface area contributed by atoms with Gasteiger partial charge in [0.1, 0.15) is 0 Å². The molecular weight excluding hydrogens is 242 g/mol. The molecule has 1 saturated carbocycles. The first-order valence-corrected chi connectivity index (χ1v) is 7.89. The zero-order valence-electron chi connectivity index (χ0n) is 11.8. The molecule has 2 saturated heterocycles. The summed E-state index contributed by atoms with van der Waals surface area (Å²) in [6.45, 7) is 2.91. The molecule has 0 aromatic carbocycles. The number of ether oxygens (including phenoxy) is 2. The first kappa shape index (κ1) is 13.8. The van der Waals surface area contributed by atoms with Gasteiger partial charge in [-0.05, 0) is 25.7 Å². The molecule has 0 radical (unpaired) electrons. The minimum Gasteiger partial charge on any atom is -0.388 e. The summed E-state index contributed by atoms with van der Waals surface area (Å²) >= 11 is 0. The van der Waals surface area contributed by atoms with E-state index >= 15 is 0 Å². The van der Waals surface area contributed by atoms with Crippen LogP contribution in [-0.2, 0) is 9.47 Å². The standard InChI is InChI=1S/C15H27NO3/c17-14(7-9-18-10-8-14)12-16-11-13-3-6-15(19-13)4-1-2-5-15/h13,16-17H,1-12H2. The third-order valence-corrected chi connectivity index (χ3v) is 5.10. The monoisotopic (exact) mass is 269 g/mol. The highest BCUT2D eigenvalue weighted by Crippen LogP contribution is 2.43. The zero-order chi connectivity index (χ0) is 13.2. The van der Waals surface area contributed by atoms with E-state index in [9.17, 15) is 5.11 Å². The Hall–Kier alpha value is -0.160. The fourth-order valence-electron chi connectivity index (χ4n) is 3.82. The molecule has 0 bridgehead atoms. The van der Waals surface area contributed by atoms with E-state index in [1.807, 2.05) is 0 Å². The second kappa shape index (κ2) is 5.68. The summed E-state index contributed by atoms with van der Waals surface area (Å²) in [6, 6.07) is 0. The molecule has 110 valence electrons. The maximum absolute atomic E-state index is 10.4. The summed E-state index contributed by atoms with van der Waals surface area (Å²) in [5.41, 5.74) is -0.343. The van der Waals surface area contributed by atoms with Crippen LogP contribution >= 0.6 is 0 Å². The van der Waals surface area contributed by atoms with Gasteiger partial charge in [-0.2, -0.15) is 0 Å². The second-order valence-corrected chi connectivity index (χ2v) is 6.64. The summed E-state index contributed by atoms with van der Waals surface area (Å²) in [7, 11) is 0. The first-order valence-electron chi connectivity index (χ1n) is 7.89. The SMILES string of the molecule is OC1(CNCC2CCC3(CCCC3)O2)CCOCC1. The van der Waals surface area contributed by atoms with Crippen LogP contribution in [0.2, 0.25) is 0 Å². The van der Waals surface area contributed by atoms with Crippen LogP contribution in [0.5, 0.6) is 0 Å². The molecule has 3 aliphatic rings. The molecule has 1 spiro atoms. The highest BCUT2D eigenvalue weighted by Gasteiger charge is 2.42. The Morgan fingerprint density at radius 3 is 2.53 bits per heavy atom. The van der Waals surface area contributed by atoms with Gasteiger partial charge in [-0.25, -0.2) is 0 Å². The van der Waals surface area contributed by atoms with Crippen LogP contribution < -0.4 is 5.32 Å². The largest absolute Gasteiger partial charge is 0.388 e. The van der Waals surface area contributed by atoms with Gasteiger partial charge in [-0.1, -0.05) is 12.8 Å². The van der Waals surface area contributed by atoms with Crippen LogP contribution in [0.3, 0.4) is 0 Å². The molecule has 3 fully saturated rings. The van der Waals surface area contributed by atoms with Crippen molar-refractivity contribution in [2.24, 2.45) is 0 Å². The van der Waals surface area contributed by atoms with E-state index < -0.39 is 5.60 Å². The topological polar surface area (TPSA) is 50.7 Å². The van der Waals surface area contributed by atoms with Crippen LogP contribution in [0.15, 0.2) is 0 Å². The van der Waals surface area contributed by atoms with E-state index in [2.05, 4.69) is 5.32 Å². The van der Waals surface area contributed by atoms with E-state index in [1.54, 1.807) is 0 Å². The number of rotatable bonds is 4. The fourth-order valence-corrected chi connectivity index (χ4v) is 3.82. The van der Waals surface area contributed by atoms with Gasteiger partial charge >= 0.3 is 0 Å². The molecule has 4 heteroatoms. The van der Waals surface area contributed by atoms with Crippen molar-refractivity contribution < 1.29 is 14.6 Å². The van der Waals surface area contributed by atoms with E-state index in [4.69, 9.17) is 9.47 Å². The zero-order valence-corrected chi connectivity index (χ0v) is 11.8. The Bertz CT molecular complexity index is 296. The highest BCUT2D eigenvalue weighted by atomic mass is 16.5. The van der Waals surface area contributed by atoms with Gasteiger partial charge in [0.2, 0.25) is 0 Å². The third kappa shape index (κ3) is 3.30. The maximum atomic E-state index is 10.4. The minimum atomic E-state index is -0.568. The van der Waals surface area contributed by atoms with Crippen molar-refractivity contribution in [3.63, 3.8) is 0 Å². The van der Waals surface area contributed by atoms with Crippen molar-refractivity contribution in [2.75, 3.05) is 26.3 Å². The average molecular weight is 269 g/mol.